The molecule has 1 heterocycles. The number of halogens is 1. The number of nitrogens with one attached hydrogen (secondary N) is 1. The fraction of sp³-hybridized carbons (Fsp3) is 0.278. The lowest BCUT2D eigenvalue weighted by atomic mass is 10.1. The normalized spacial score (nSPS) is 14.9. The Hall–Kier alpha value is -2.45. The molecule has 2 aromatic carbocycles. The zero-order valence-corrected chi connectivity index (χ0v) is 15.1. The smallest absolute Gasteiger partial charge is 0.261 e. The molecule has 1 saturated heterocycles. The molecule has 6 nitrogen and oxygen atoms in total. The zero-order valence-electron chi connectivity index (χ0n) is 14.2. The summed E-state index contributed by atoms with van der Waals surface area (Å²) in [6.45, 7) is 3.52. The van der Waals surface area contributed by atoms with Crippen LogP contribution in [0.5, 0.6) is 0 Å². The molecule has 26 heavy (non-hydrogen) atoms. The van der Waals surface area contributed by atoms with Gasteiger partial charge in [-0.25, -0.2) is 12.8 Å². The minimum absolute atomic E-state index is 0.175. The molecule has 1 N–H and O–H groups in total. The van der Waals surface area contributed by atoms with Gasteiger partial charge in [-0.05, 0) is 42.8 Å². The maximum absolute atomic E-state index is 13.7. The van der Waals surface area contributed by atoms with Crippen molar-refractivity contribution in [3.05, 3.63) is 59.4 Å². The molecule has 1 aliphatic heterocycles. The second kappa shape index (κ2) is 7.43. The molecule has 1 amide bonds. The predicted octanol–water partition coefficient (Wildman–Crippen LogP) is 2.41. The van der Waals surface area contributed by atoms with E-state index in [1.165, 1.54) is 24.3 Å². The van der Waals surface area contributed by atoms with E-state index < -0.39 is 15.8 Å². The number of morpholine rings is 1. The van der Waals surface area contributed by atoms with Gasteiger partial charge in [-0.1, -0.05) is 12.1 Å². The Bertz CT molecular complexity index is 925. The van der Waals surface area contributed by atoms with E-state index in [4.69, 9.17) is 4.74 Å². The monoisotopic (exact) mass is 378 g/mol. The third-order valence-electron chi connectivity index (χ3n) is 4.11. The number of amides is 1. The van der Waals surface area contributed by atoms with Crippen LogP contribution in [0.15, 0.2) is 47.4 Å². The Kier molecular flexibility index (Phi) is 5.24. The topological polar surface area (TPSA) is 75.7 Å². The van der Waals surface area contributed by atoms with Gasteiger partial charge in [0.1, 0.15) is 5.82 Å². The highest BCUT2D eigenvalue weighted by Crippen LogP contribution is 2.20. The van der Waals surface area contributed by atoms with Crippen LogP contribution in [0, 0.1) is 12.7 Å². The van der Waals surface area contributed by atoms with Crippen LogP contribution in [0.25, 0.3) is 0 Å². The number of nitrogens with zero attached hydrogens (tertiary/aromatic N) is 1. The molecule has 0 atom stereocenters. The molecule has 8 heteroatoms. The van der Waals surface area contributed by atoms with Gasteiger partial charge in [0.2, 0.25) is 0 Å². The summed E-state index contributed by atoms with van der Waals surface area (Å²) in [6.07, 6.45) is 0. The summed E-state index contributed by atoms with van der Waals surface area (Å²) >= 11 is 0. The van der Waals surface area contributed by atoms with Crippen molar-refractivity contribution in [2.24, 2.45) is 0 Å². The van der Waals surface area contributed by atoms with E-state index in [2.05, 4.69) is 4.72 Å². The molecule has 1 aliphatic rings. The third-order valence-corrected chi connectivity index (χ3v) is 5.49. The van der Waals surface area contributed by atoms with Gasteiger partial charge in [0, 0.05) is 24.3 Å². The van der Waals surface area contributed by atoms with Crippen LogP contribution in [0.2, 0.25) is 0 Å². The van der Waals surface area contributed by atoms with E-state index in [9.17, 15) is 17.6 Å². The van der Waals surface area contributed by atoms with Crippen LogP contribution in [0.4, 0.5) is 10.1 Å². The maximum atomic E-state index is 13.7. The average Bonchev–Trinajstić information content (AvgIpc) is 2.64. The maximum Gasteiger partial charge on any atom is 0.261 e. The standard InChI is InChI=1S/C18H19FN2O4S/c1-13-5-6-16(12-17(13)19)26(23,24)20-15-4-2-3-14(11-15)18(22)21-7-9-25-10-8-21/h2-6,11-12,20H,7-10H2,1H3. The first-order valence-corrected chi connectivity index (χ1v) is 9.61. The quantitative estimate of drug-likeness (QED) is 0.887. The number of rotatable bonds is 4. The molecule has 138 valence electrons. The van der Waals surface area contributed by atoms with Crippen molar-refractivity contribution in [1.82, 2.24) is 4.90 Å². The lowest BCUT2D eigenvalue weighted by molar-refractivity contribution is 0.0303. The molecule has 1 fully saturated rings. The highest BCUT2D eigenvalue weighted by molar-refractivity contribution is 7.92. The summed E-state index contributed by atoms with van der Waals surface area (Å²) < 4.78 is 46.2. The second-order valence-electron chi connectivity index (χ2n) is 6.00. The van der Waals surface area contributed by atoms with Gasteiger partial charge < -0.3 is 9.64 Å². The highest BCUT2D eigenvalue weighted by atomic mass is 32.2. The lowest BCUT2D eigenvalue weighted by Gasteiger charge is -2.27. The van der Waals surface area contributed by atoms with Crippen molar-refractivity contribution in [2.45, 2.75) is 11.8 Å². The van der Waals surface area contributed by atoms with Crippen LogP contribution in [-0.4, -0.2) is 45.5 Å². The van der Waals surface area contributed by atoms with Gasteiger partial charge in [0.25, 0.3) is 15.9 Å². The first kappa shape index (κ1) is 18.3. The van der Waals surface area contributed by atoms with Crippen molar-refractivity contribution >= 4 is 21.6 Å². The first-order valence-electron chi connectivity index (χ1n) is 8.13. The highest BCUT2D eigenvalue weighted by Gasteiger charge is 2.20. The largest absolute Gasteiger partial charge is 0.378 e. The molecule has 0 saturated carbocycles. The van der Waals surface area contributed by atoms with Gasteiger partial charge in [0.15, 0.2) is 0 Å². The number of sulfonamides is 1. The van der Waals surface area contributed by atoms with Crippen LogP contribution in [0.1, 0.15) is 15.9 Å². The van der Waals surface area contributed by atoms with Crippen molar-refractivity contribution in [3.8, 4) is 0 Å². The number of benzene rings is 2. The van der Waals surface area contributed by atoms with E-state index in [0.29, 0.717) is 37.4 Å². The lowest BCUT2D eigenvalue weighted by Crippen LogP contribution is -2.40. The van der Waals surface area contributed by atoms with Crippen molar-refractivity contribution in [2.75, 3.05) is 31.0 Å². The van der Waals surface area contributed by atoms with E-state index in [-0.39, 0.29) is 16.5 Å². The molecular weight excluding hydrogens is 359 g/mol. The molecule has 0 aliphatic carbocycles. The first-order chi connectivity index (χ1) is 12.4. The summed E-state index contributed by atoms with van der Waals surface area (Å²) in [5, 5.41) is 0. The van der Waals surface area contributed by atoms with Gasteiger partial charge in [-0.3, -0.25) is 9.52 Å². The molecule has 2 aromatic rings. The van der Waals surface area contributed by atoms with Crippen LogP contribution >= 0.6 is 0 Å². The number of anilines is 1. The number of ether oxygens (including phenoxy) is 1. The summed E-state index contributed by atoms with van der Waals surface area (Å²) in [5.41, 5.74) is 0.981. The van der Waals surface area contributed by atoms with Crippen LogP contribution < -0.4 is 4.72 Å². The minimum Gasteiger partial charge on any atom is -0.378 e. The summed E-state index contributed by atoms with van der Waals surface area (Å²) in [7, 11) is -3.95. The Morgan fingerprint density at radius 1 is 1.15 bits per heavy atom. The molecule has 0 aromatic heterocycles. The van der Waals surface area contributed by atoms with Crippen molar-refractivity contribution < 1.29 is 22.3 Å². The average molecular weight is 378 g/mol. The Morgan fingerprint density at radius 2 is 1.88 bits per heavy atom. The SMILES string of the molecule is Cc1ccc(S(=O)(=O)Nc2cccc(C(=O)N3CCOCC3)c2)cc1F. The Balaban J connectivity index is 1.81. The van der Waals surface area contributed by atoms with E-state index in [1.807, 2.05) is 0 Å². The molecule has 0 spiro atoms. The van der Waals surface area contributed by atoms with Gasteiger partial charge in [-0.15, -0.1) is 0 Å². The number of aryl methyl sites for hydroxylation is 1. The number of carbonyl (C=O) groups is 1. The number of carbonyl (C=O) groups excluding carboxylic acids is 1. The predicted molar refractivity (Wildman–Crippen MR) is 95.1 cm³/mol. The third kappa shape index (κ3) is 4.03. The van der Waals surface area contributed by atoms with Crippen molar-refractivity contribution in [3.63, 3.8) is 0 Å². The van der Waals surface area contributed by atoms with Crippen LogP contribution in [-0.2, 0) is 14.8 Å². The zero-order chi connectivity index (χ0) is 18.7. The van der Waals surface area contributed by atoms with Crippen LogP contribution in [0.3, 0.4) is 0 Å². The van der Waals surface area contributed by atoms with Gasteiger partial charge >= 0.3 is 0 Å². The van der Waals surface area contributed by atoms with Crippen molar-refractivity contribution in [1.29, 1.82) is 0 Å². The fourth-order valence-corrected chi connectivity index (χ4v) is 3.68. The van der Waals surface area contributed by atoms with E-state index >= 15 is 0 Å². The Labute approximate surface area is 151 Å². The Morgan fingerprint density at radius 3 is 2.58 bits per heavy atom. The molecule has 0 radical (unpaired) electrons. The van der Waals surface area contributed by atoms with E-state index in [1.54, 1.807) is 24.0 Å². The number of hydrogen-bond acceptors (Lipinski definition) is 4. The van der Waals surface area contributed by atoms with Gasteiger partial charge in [-0.2, -0.15) is 0 Å². The molecule has 0 bridgehead atoms. The summed E-state index contributed by atoms with van der Waals surface area (Å²) in [5.74, 6) is -0.778. The fourth-order valence-electron chi connectivity index (χ4n) is 2.62. The van der Waals surface area contributed by atoms with Gasteiger partial charge in [0.05, 0.1) is 18.1 Å². The second-order valence-corrected chi connectivity index (χ2v) is 7.68. The number of hydrogen-bond donors (Lipinski definition) is 1. The van der Waals surface area contributed by atoms with E-state index in [0.717, 1.165) is 6.07 Å². The summed E-state index contributed by atoms with van der Waals surface area (Å²) in [6, 6.07) is 9.95. The summed E-state index contributed by atoms with van der Waals surface area (Å²) in [4.78, 5) is 14.0. The molecule has 0 unspecified atom stereocenters. The molecular formula is C18H19FN2O4S. The molecule has 3 rings (SSSR count). The minimum atomic E-state index is -3.95.